The first kappa shape index (κ1) is 20.5. The molecule has 7 heteroatoms. The topological polar surface area (TPSA) is 96.7 Å². The van der Waals surface area contributed by atoms with E-state index in [0.717, 1.165) is 18.7 Å². The molecular formula is C22H28N4O3. The maximum absolute atomic E-state index is 12.4. The molecule has 2 amide bonds. The van der Waals surface area contributed by atoms with Crippen LogP contribution in [-0.2, 0) is 4.74 Å². The molecule has 3 rings (SSSR count). The Morgan fingerprint density at radius 1 is 1.10 bits per heavy atom. The third-order valence-electron chi connectivity index (χ3n) is 4.60. The van der Waals surface area contributed by atoms with Crippen LogP contribution in [0.25, 0.3) is 0 Å². The van der Waals surface area contributed by atoms with Gasteiger partial charge in [-0.05, 0) is 57.2 Å². The van der Waals surface area contributed by atoms with Crippen LogP contribution in [0.15, 0.2) is 48.5 Å². The van der Waals surface area contributed by atoms with Crippen molar-refractivity contribution in [2.75, 3.05) is 29.0 Å². The van der Waals surface area contributed by atoms with Gasteiger partial charge in [0, 0.05) is 29.8 Å². The van der Waals surface area contributed by atoms with E-state index in [9.17, 15) is 9.59 Å². The van der Waals surface area contributed by atoms with Crippen LogP contribution in [0.3, 0.4) is 0 Å². The van der Waals surface area contributed by atoms with E-state index in [1.165, 1.54) is 0 Å². The maximum atomic E-state index is 12.4. The number of nitrogens with two attached hydrogens (primary N) is 1. The molecule has 1 saturated heterocycles. The van der Waals surface area contributed by atoms with Gasteiger partial charge in [0.05, 0.1) is 17.9 Å². The fraction of sp³-hybridized carbons (Fsp3) is 0.364. The highest BCUT2D eigenvalue weighted by Gasteiger charge is 2.27. The second kappa shape index (κ2) is 8.43. The molecule has 1 atom stereocenters. The molecule has 1 aliphatic heterocycles. The Labute approximate surface area is 171 Å². The Bertz CT molecular complexity index is 874. The molecule has 1 aliphatic rings. The Hall–Kier alpha value is -3.22. The lowest BCUT2D eigenvalue weighted by Gasteiger charge is -2.22. The molecule has 7 nitrogen and oxygen atoms in total. The van der Waals surface area contributed by atoms with Crippen LogP contribution in [-0.4, -0.2) is 36.7 Å². The van der Waals surface area contributed by atoms with Crippen molar-refractivity contribution in [3.8, 4) is 0 Å². The highest BCUT2D eigenvalue weighted by atomic mass is 16.6. The van der Waals surface area contributed by atoms with Crippen molar-refractivity contribution >= 4 is 29.1 Å². The Morgan fingerprint density at radius 2 is 1.79 bits per heavy atom. The van der Waals surface area contributed by atoms with E-state index in [1.807, 2.05) is 45.0 Å². The van der Waals surface area contributed by atoms with Crippen LogP contribution in [0.4, 0.5) is 21.9 Å². The Kier molecular flexibility index (Phi) is 5.96. The van der Waals surface area contributed by atoms with Gasteiger partial charge in [0.25, 0.3) is 5.91 Å². The van der Waals surface area contributed by atoms with Crippen LogP contribution in [0.5, 0.6) is 0 Å². The molecule has 1 unspecified atom stereocenters. The van der Waals surface area contributed by atoms with Crippen molar-refractivity contribution in [1.82, 2.24) is 5.32 Å². The first-order chi connectivity index (χ1) is 13.7. The first-order valence-corrected chi connectivity index (χ1v) is 9.71. The number of carbonyl (C=O) groups excluding carboxylic acids is 2. The zero-order chi connectivity index (χ0) is 21.0. The number of hydrogen-bond donors (Lipinski definition) is 3. The SMILES string of the molecule is CC(C)(C)NC(=O)OC1CCN(c2ccc(C(=O)Nc3ccccc3N)cc2)C1. The molecule has 4 N–H and O–H groups in total. The Balaban J connectivity index is 1.56. The molecule has 0 bridgehead atoms. The summed E-state index contributed by atoms with van der Waals surface area (Å²) >= 11 is 0. The van der Waals surface area contributed by atoms with Gasteiger partial charge in [-0.15, -0.1) is 0 Å². The summed E-state index contributed by atoms with van der Waals surface area (Å²) in [7, 11) is 0. The first-order valence-electron chi connectivity index (χ1n) is 9.71. The molecule has 0 aliphatic carbocycles. The standard InChI is InChI=1S/C22H28N4O3/c1-22(2,3)25-21(28)29-17-12-13-26(14-17)16-10-8-15(9-11-16)20(27)24-19-7-5-4-6-18(19)23/h4-11,17H,12-14,23H2,1-3H3,(H,24,27)(H,25,28). The summed E-state index contributed by atoms with van der Waals surface area (Å²) in [5, 5.41) is 5.63. The van der Waals surface area contributed by atoms with Gasteiger partial charge in [-0.3, -0.25) is 4.79 Å². The van der Waals surface area contributed by atoms with Gasteiger partial charge in [-0.2, -0.15) is 0 Å². The summed E-state index contributed by atoms with van der Waals surface area (Å²) in [6.45, 7) is 7.17. The minimum atomic E-state index is -0.392. The van der Waals surface area contributed by atoms with Crippen molar-refractivity contribution in [2.24, 2.45) is 0 Å². The maximum Gasteiger partial charge on any atom is 0.407 e. The molecule has 1 heterocycles. The number of carbonyl (C=O) groups is 2. The summed E-state index contributed by atoms with van der Waals surface area (Å²) in [5.74, 6) is -0.212. The van der Waals surface area contributed by atoms with Gasteiger partial charge < -0.3 is 26.0 Å². The van der Waals surface area contributed by atoms with E-state index >= 15 is 0 Å². The number of nitrogens with zero attached hydrogens (tertiary/aromatic N) is 1. The Morgan fingerprint density at radius 3 is 2.45 bits per heavy atom. The van der Waals surface area contributed by atoms with Gasteiger partial charge in [-0.25, -0.2) is 4.79 Å². The normalized spacial score (nSPS) is 16.4. The summed E-state index contributed by atoms with van der Waals surface area (Å²) < 4.78 is 5.51. The molecule has 154 valence electrons. The summed E-state index contributed by atoms with van der Waals surface area (Å²) in [5.41, 5.74) is 8.20. The number of nitrogens with one attached hydrogen (secondary N) is 2. The van der Waals surface area contributed by atoms with E-state index in [4.69, 9.17) is 10.5 Å². The number of ether oxygens (including phenoxy) is 1. The van der Waals surface area contributed by atoms with Crippen LogP contribution in [0, 0.1) is 0 Å². The molecule has 0 aromatic heterocycles. The molecule has 2 aromatic carbocycles. The lowest BCUT2D eigenvalue weighted by molar-refractivity contribution is 0.101. The molecule has 2 aromatic rings. The average Bonchev–Trinajstić information content (AvgIpc) is 3.10. The number of amides is 2. The monoisotopic (exact) mass is 396 g/mol. The predicted molar refractivity (Wildman–Crippen MR) is 115 cm³/mol. The van der Waals surface area contributed by atoms with Crippen molar-refractivity contribution in [3.63, 3.8) is 0 Å². The van der Waals surface area contributed by atoms with E-state index in [1.54, 1.807) is 24.3 Å². The number of anilines is 3. The third-order valence-corrected chi connectivity index (χ3v) is 4.60. The minimum Gasteiger partial charge on any atom is -0.444 e. The highest BCUT2D eigenvalue weighted by molar-refractivity contribution is 6.05. The van der Waals surface area contributed by atoms with Crippen LogP contribution in [0.1, 0.15) is 37.6 Å². The average molecular weight is 396 g/mol. The highest BCUT2D eigenvalue weighted by Crippen LogP contribution is 2.23. The summed E-state index contributed by atoms with van der Waals surface area (Å²) in [6.07, 6.45) is 0.227. The molecule has 29 heavy (non-hydrogen) atoms. The van der Waals surface area contributed by atoms with Gasteiger partial charge >= 0.3 is 6.09 Å². The largest absolute Gasteiger partial charge is 0.444 e. The number of nitrogen functional groups attached to an aromatic ring is 1. The molecule has 0 radical (unpaired) electrons. The molecule has 0 spiro atoms. The summed E-state index contributed by atoms with van der Waals surface area (Å²) in [6, 6.07) is 14.5. The van der Waals surface area contributed by atoms with Crippen LogP contribution < -0.4 is 21.3 Å². The van der Waals surface area contributed by atoms with Gasteiger partial charge in [0.2, 0.25) is 0 Å². The number of para-hydroxylation sites is 2. The number of rotatable bonds is 4. The van der Waals surface area contributed by atoms with Gasteiger partial charge in [0.15, 0.2) is 0 Å². The molecule has 0 saturated carbocycles. The quantitative estimate of drug-likeness (QED) is 0.686. The van der Waals surface area contributed by atoms with Crippen molar-refractivity contribution in [2.45, 2.75) is 38.8 Å². The van der Waals surface area contributed by atoms with E-state index < -0.39 is 6.09 Å². The minimum absolute atomic E-state index is 0.151. The summed E-state index contributed by atoms with van der Waals surface area (Å²) in [4.78, 5) is 26.5. The second-order valence-corrected chi connectivity index (χ2v) is 8.23. The van der Waals surface area contributed by atoms with Gasteiger partial charge in [0.1, 0.15) is 6.10 Å². The zero-order valence-electron chi connectivity index (χ0n) is 17.1. The van der Waals surface area contributed by atoms with E-state index in [2.05, 4.69) is 15.5 Å². The van der Waals surface area contributed by atoms with Crippen molar-refractivity contribution in [3.05, 3.63) is 54.1 Å². The number of benzene rings is 2. The fourth-order valence-corrected chi connectivity index (χ4v) is 3.17. The van der Waals surface area contributed by atoms with Gasteiger partial charge in [-0.1, -0.05) is 12.1 Å². The predicted octanol–water partition coefficient (Wildman–Crippen LogP) is 3.62. The molecular weight excluding hydrogens is 368 g/mol. The van der Waals surface area contributed by atoms with E-state index in [-0.39, 0.29) is 17.6 Å². The van der Waals surface area contributed by atoms with Crippen molar-refractivity contribution < 1.29 is 14.3 Å². The lowest BCUT2D eigenvalue weighted by atomic mass is 10.1. The smallest absolute Gasteiger partial charge is 0.407 e. The zero-order valence-corrected chi connectivity index (χ0v) is 17.1. The molecule has 1 fully saturated rings. The van der Waals surface area contributed by atoms with E-state index in [0.29, 0.717) is 23.5 Å². The second-order valence-electron chi connectivity index (χ2n) is 8.23. The third kappa shape index (κ3) is 5.63. The lowest BCUT2D eigenvalue weighted by Crippen LogP contribution is -2.42. The fourth-order valence-electron chi connectivity index (χ4n) is 3.17. The van der Waals surface area contributed by atoms with Crippen LogP contribution >= 0.6 is 0 Å². The number of hydrogen-bond acceptors (Lipinski definition) is 5. The van der Waals surface area contributed by atoms with Crippen LogP contribution in [0.2, 0.25) is 0 Å². The van der Waals surface area contributed by atoms with Crippen molar-refractivity contribution in [1.29, 1.82) is 0 Å². The number of alkyl carbamates (subject to hydrolysis) is 1.